The van der Waals surface area contributed by atoms with Crippen LogP contribution in [0.1, 0.15) is 18.1 Å². The van der Waals surface area contributed by atoms with Crippen molar-refractivity contribution < 1.29 is 4.57 Å². The largest absolute Gasteiger partial charge is 0.332 e. The van der Waals surface area contributed by atoms with Gasteiger partial charge in [0.15, 0.2) is 0 Å². The molecule has 0 N–H and O–H groups in total. The van der Waals surface area contributed by atoms with Gasteiger partial charge in [0, 0.05) is 20.2 Å². The van der Waals surface area contributed by atoms with Crippen LogP contribution in [0.5, 0.6) is 0 Å². The zero-order chi connectivity index (χ0) is 16.2. The highest BCUT2D eigenvalue weighted by Gasteiger charge is 2.23. The second-order valence-electron chi connectivity index (χ2n) is 5.66. The molecule has 0 saturated heterocycles. The van der Waals surface area contributed by atoms with E-state index in [0.717, 1.165) is 26.7 Å². The Morgan fingerprint density at radius 3 is 2.36 bits per heavy atom. The van der Waals surface area contributed by atoms with Gasteiger partial charge in [-0.2, -0.15) is 4.57 Å². The van der Waals surface area contributed by atoms with E-state index in [-0.39, 0.29) is 11.2 Å². The molecule has 0 unspecified atom stereocenters. The molecule has 22 heavy (non-hydrogen) atoms. The van der Waals surface area contributed by atoms with Crippen LogP contribution in [-0.2, 0) is 20.6 Å². The molecule has 0 aliphatic rings. The van der Waals surface area contributed by atoms with Gasteiger partial charge in [-0.3, -0.25) is 13.9 Å². The summed E-state index contributed by atoms with van der Waals surface area (Å²) in [4.78, 5) is 29.3. The molecular weight excluding hydrogens is 280 g/mol. The van der Waals surface area contributed by atoms with Crippen molar-refractivity contribution in [3.63, 3.8) is 0 Å². The van der Waals surface area contributed by atoms with Gasteiger partial charge in [-0.25, -0.2) is 9.78 Å². The lowest BCUT2D eigenvalue weighted by Gasteiger charge is -2.09. The Balaban J connectivity index is 2.71. The number of nitrogens with zero attached hydrogens (tertiary/aromatic N) is 4. The fraction of sp³-hybridized carbons (Fsp3) is 0.375. The van der Waals surface area contributed by atoms with Gasteiger partial charge in [0.25, 0.3) is 0 Å². The molecule has 0 amide bonds. The third-order valence-corrected chi connectivity index (χ3v) is 4.30. The lowest BCUT2D eigenvalue weighted by Crippen LogP contribution is -2.46. The summed E-state index contributed by atoms with van der Waals surface area (Å²) in [5.41, 5.74) is 4.19. The zero-order valence-corrected chi connectivity index (χ0v) is 13.5. The Labute approximate surface area is 127 Å². The third-order valence-electron chi connectivity index (χ3n) is 4.30. The van der Waals surface area contributed by atoms with Gasteiger partial charge < -0.3 is 0 Å². The maximum absolute atomic E-state index is 12.6. The first-order valence-electron chi connectivity index (χ1n) is 7.27. The number of aryl methyl sites for hydroxylation is 4. The summed E-state index contributed by atoms with van der Waals surface area (Å²) < 4.78 is 4.49. The Morgan fingerprint density at radius 1 is 1.09 bits per heavy atom. The first-order valence-corrected chi connectivity index (χ1v) is 7.27. The fourth-order valence-corrected chi connectivity index (χ4v) is 2.83. The average molecular weight is 299 g/mol. The number of benzene rings is 1. The van der Waals surface area contributed by atoms with Crippen molar-refractivity contribution in [3.05, 3.63) is 44.1 Å². The van der Waals surface area contributed by atoms with Crippen LogP contribution in [-0.4, -0.2) is 14.1 Å². The molecular formula is C16H19N4O2+. The van der Waals surface area contributed by atoms with E-state index in [9.17, 15) is 9.59 Å². The van der Waals surface area contributed by atoms with Crippen molar-refractivity contribution in [1.29, 1.82) is 0 Å². The van der Waals surface area contributed by atoms with E-state index in [0.29, 0.717) is 17.7 Å². The normalized spacial score (nSPS) is 11.5. The van der Waals surface area contributed by atoms with Crippen molar-refractivity contribution in [2.45, 2.75) is 27.3 Å². The van der Waals surface area contributed by atoms with Gasteiger partial charge in [0.1, 0.15) is 12.1 Å². The topological polar surface area (TPSA) is 60.8 Å². The summed E-state index contributed by atoms with van der Waals surface area (Å²) in [6.45, 7) is 6.68. The van der Waals surface area contributed by atoms with Crippen molar-refractivity contribution in [1.82, 2.24) is 14.1 Å². The highest BCUT2D eigenvalue weighted by Crippen LogP contribution is 2.16. The van der Waals surface area contributed by atoms with Gasteiger partial charge in [-0.15, -0.1) is 0 Å². The third kappa shape index (κ3) is 1.80. The summed E-state index contributed by atoms with van der Waals surface area (Å²) in [6.07, 6.45) is 0. The van der Waals surface area contributed by atoms with Crippen LogP contribution in [0.2, 0.25) is 0 Å². The molecule has 1 aromatic carbocycles. The van der Waals surface area contributed by atoms with E-state index in [1.807, 2.05) is 37.5 Å². The molecule has 3 aromatic rings. The standard InChI is InChI=1S/C16H19N4O2/c1-6-20-12-8-10(3)9(2)7-11(12)17-14-13(20)15(21)19(5)16(22)18(14)4/h7-8H,6H2,1-5H3/q+1. The molecule has 114 valence electrons. The predicted molar refractivity (Wildman–Crippen MR) is 85.1 cm³/mol. The van der Waals surface area contributed by atoms with E-state index < -0.39 is 0 Å². The molecule has 0 fully saturated rings. The second-order valence-corrected chi connectivity index (χ2v) is 5.66. The zero-order valence-electron chi connectivity index (χ0n) is 13.5. The minimum absolute atomic E-state index is 0.312. The van der Waals surface area contributed by atoms with E-state index in [1.54, 1.807) is 7.05 Å². The molecule has 2 heterocycles. The quantitative estimate of drug-likeness (QED) is 0.491. The summed E-state index contributed by atoms with van der Waals surface area (Å²) >= 11 is 0. The molecule has 3 rings (SSSR count). The van der Waals surface area contributed by atoms with Crippen molar-refractivity contribution in [2.75, 3.05) is 0 Å². The Hall–Kier alpha value is -2.50. The van der Waals surface area contributed by atoms with Gasteiger partial charge in [0.2, 0.25) is 11.2 Å². The Bertz CT molecular complexity index is 1040. The van der Waals surface area contributed by atoms with E-state index in [1.165, 1.54) is 11.6 Å². The van der Waals surface area contributed by atoms with Crippen LogP contribution in [0.3, 0.4) is 0 Å². The van der Waals surface area contributed by atoms with E-state index in [2.05, 4.69) is 4.98 Å². The molecule has 0 radical (unpaired) electrons. The molecule has 0 spiro atoms. The predicted octanol–water partition coefficient (Wildman–Crippen LogP) is 0.710. The van der Waals surface area contributed by atoms with Gasteiger partial charge in [0.05, 0.1) is 0 Å². The number of hydrogen-bond acceptors (Lipinski definition) is 3. The lowest BCUT2D eigenvalue weighted by molar-refractivity contribution is -0.642. The van der Waals surface area contributed by atoms with Crippen LogP contribution >= 0.6 is 0 Å². The molecule has 0 aliphatic heterocycles. The molecule has 0 bridgehead atoms. The smallest absolute Gasteiger partial charge is 0.275 e. The van der Waals surface area contributed by atoms with E-state index >= 15 is 0 Å². The molecule has 0 atom stereocenters. The molecule has 2 aromatic heterocycles. The van der Waals surface area contributed by atoms with Gasteiger partial charge >= 0.3 is 16.8 Å². The lowest BCUT2D eigenvalue weighted by atomic mass is 10.1. The van der Waals surface area contributed by atoms with Crippen molar-refractivity contribution in [2.24, 2.45) is 14.1 Å². The van der Waals surface area contributed by atoms with Crippen LogP contribution < -0.4 is 15.8 Å². The van der Waals surface area contributed by atoms with Crippen molar-refractivity contribution in [3.8, 4) is 0 Å². The number of aromatic nitrogens is 4. The Kier molecular flexibility index (Phi) is 3.12. The fourth-order valence-electron chi connectivity index (χ4n) is 2.83. The maximum Gasteiger partial charge on any atom is 0.332 e. The number of fused-ring (bicyclic) bond motifs is 2. The number of hydrogen-bond donors (Lipinski definition) is 0. The van der Waals surface area contributed by atoms with Crippen LogP contribution in [0.4, 0.5) is 0 Å². The first kappa shape index (κ1) is 14.4. The van der Waals surface area contributed by atoms with Gasteiger partial charge in [-0.05, 0) is 38.0 Å². The minimum Gasteiger partial charge on any atom is -0.275 e. The van der Waals surface area contributed by atoms with Crippen molar-refractivity contribution >= 4 is 22.2 Å². The minimum atomic E-state index is -0.365. The first-order chi connectivity index (χ1) is 10.4. The summed E-state index contributed by atoms with van der Waals surface area (Å²) in [5, 5.41) is 0. The molecule has 6 heteroatoms. The maximum atomic E-state index is 12.6. The highest BCUT2D eigenvalue weighted by molar-refractivity contribution is 5.80. The SMILES string of the molecule is CC[n+]1c2cc(C)c(C)cc2nc2c1c(=O)n(C)c(=O)n2C. The Morgan fingerprint density at radius 2 is 1.73 bits per heavy atom. The van der Waals surface area contributed by atoms with Crippen LogP contribution in [0.15, 0.2) is 21.7 Å². The van der Waals surface area contributed by atoms with Gasteiger partial charge in [-0.1, -0.05) is 0 Å². The highest BCUT2D eigenvalue weighted by atomic mass is 16.2. The molecule has 0 saturated carbocycles. The monoisotopic (exact) mass is 299 g/mol. The summed E-state index contributed by atoms with van der Waals surface area (Å²) in [7, 11) is 3.14. The molecule has 6 nitrogen and oxygen atoms in total. The van der Waals surface area contributed by atoms with Crippen LogP contribution in [0, 0.1) is 13.8 Å². The summed E-state index contributed by atoms with van der Waals surface area (Å²) in [5.74, 6) is 0. The summed E-state index contributed by atoms with van der Waals surface area (Å²) in [6, 6.07) is 4.05. The number of rotatable bonds is 1. The van der Waals surface area contributed by atoms with Crippen LogP contribution in [0.25, 0.3) is 22.2 Å². The average Bonchev–Trinajstić information content (AvgIpc) is 2.50. The second kappa shape index (κ2) is 4.76. The van der Waals surface area contributed by atoms with E-state index in [4.69, 9.17) is 0 Å². The molecule has 0 aliphatic carbocycles.